The van der Waals surface area contributed by atoms with Crippen molar-refractivity contribution in [3.63, 3.8) is 0 Å². The zero-order chi connectivity index (χ0) is 22.4. The molecule has 0 fully saturated rings. The summed E-state index contributed by atoms with van der Waals surface area (Å²) in [5.74, 6) is -1.20. The van der Waals surface area contributed by atoms with Gasteiger partial charge in [0.25, 0.3) is 0 Å². The summed E-state index contributed by atoms with van der Waals surface area (Å²) < 4.78 is 5.19. The van der Waals surface area contributed by atoms with Crippen LogP contribution in [0.25, 0.3) is 0 Å². The number of ether oxygens (including phenoxy) is 1. The van der Waals surface area contributed by atoms with Crippen LogP contribution in [0.3, 0.4) is 0 Å². The minimum absolute atomic E-state index is 0.165. The van der Waals surface area contributed by atoms with Crippen LogP contribution in [0.1, 0.15) is 47.1 Å². The third-order valence-corrected chi connectivity index (χ3v) is 4.16. The molecule has 0 unspecified atom stereocenters. The van der Waals surface area contributed by atoms with Gasteiger partial charge >= 0.3 is 6.09 Å². The lowest BCUT2D eigenvalue weighted by Gasteiger charge is -2.26. The van der Waals surface area contributed by atoms with Gasteiger partial charge in [0.05, 0.1) is 17.3 Å². The molecule has 0 aliphatic heterocycles. The highest BCUT2D eigenvalue weighted by atomic mass is 35.5. The van der Waals surface area contributed by atoms with Crippen molar-refractivity contribution in [3.8, 4) is 0 Å². The maximum absolute atomic E-state index is 12.6. The maximum Gasteiger partial charge on any atom is 0.408 e. The number of rotatable bonds is 7. The molecule has 0 aliphatic rings. The molecule has 0 spiro atoms. The zero-order valence-electron chi connectivity index (χ0n) is 17.6. The molecule has 8 nitrogen and oxygen atoms in total. The highest BCUT2D eigenvalue weighted by Crippen LogP contribution is 2.23. The molecule has 0 saturated carbocycles. The summed E-state index contributed by atoms with van der Waals surface area (Å²) in [4.78, 5) is 37.0. The van der Waals surface area contributed by atoms with Gasteiger partial charge in [0.15, 0.2) is 0 Å². The van der Waals surface area contributed by atoms with Gasteiger partial charge in [-0.2, -0.15) is 0 Å². The normalized spacial score (nSPS) is 13.4. The molecule has 162 valence electrons. The molecule has 0 aliphatic carbocycles. The third kappa shape index (κ3) is 8.29. The van der Waals surface area contributed by atoms with Gasteiger partial charge in [-0.05, 0) is 51.3 Å². The zero-order valence-corrected chi connectivity index (χ0v) is 18.4. The van der Waals surface area contributed by atoms with E-state index in [9.17, 15) is 14.4 Å². The second kappa shape index (κ2) is 10.5. The molecule has 9 heteroatoms. The molecule has 0 radical (unpaired) electrons. The number of anilines is 1. The first-order valence-electron chi connectivity index (χ1n) is 9.34. The number of carbonyl (C=O) groups is 3. The van der Waals surface area contributed by atoms with Crippen LogP contribution in [0.2, 0.25) is 5.02 Å². The van der Waals surface area contributed by atoms with Gasteiger partial charge in [-0.3, -0.25) is 9.59 Å². The predicted octanol–water partition coefficient (Wildman–Crippen LogP) is 2.82. The van der Waals surface area contributed by atoms with E-state index < -0.39 is 35.6 Å². The lowest BCUT2D eigenvalue weighted by molar-refractivity contribution is -0.128. The molecule has 0 bridgehead atoms. The first-order chi connectivity index (χ1) is 13.3. The van der Waals surface area contributed by atoms with E-state index in [0.29, 0.717) is 11.3 Å². The first-order valence-corrected chi connectivity index (χ1v) is 9.72. The summed E-state index contributed by atoms with van der Waals surface area (Å²) in [5.41, 5.74) is 0.282. The Kier molecular flexibility index (Phi) is 8.91. The Balaban J connectivity index is 2.74. The molecule has 1 rings (SSSR count). The fourth-order valence-electron chi connectivity index (χ4n) is 2.34. The number of amides is 3. The SMILES string of the molecule is CC(C)[C@H](NC(=O)OC(C)(C)C)C(=O)N[C@@H](C)C(=O)Nc1ccc(CO)cc1Cl. The van der Waals surface area contributed by atoms with Crippen LogP contribution in [0.4, 0.5) is 10.5 Å². The number of benzene rings is 1. The van der Waals surface area contributed by atoms with Crippen molar-refractivity contribution < 1.29 is 24.2 Å². The Hall–Kier alpha value is -2.32. The monoisotopic (exact) mass is 427 g/mol. The topological polar surface area (TPSA) is 117 Å². The molecule has 3 amide bonds. The van der Waals surface area contributed by atoms with Gasteiger partial charge in [-0.15, -0.1) is 0 Å². The molecule has 0 aromatic heterocycles. The number of aliphatic hydroxyl groups is 1. The highest BCUT2D eigenvalue weighted by molar-refractivity contribution is 6.33. The van der Waals surface area contributed by atoms with Crippen LogP contribution in [0.5, 0.6) is 0 Å². The standard InChI is InChI=1S/C20H30ClN3O5/c1-11(2)16(24-19(28)29-20(4,5)6)18(27)22-12(3)17(26)23-15-8-7-13(10-25)9-14(15)21/h7-9,11-12,16,25H,10H2,1-6H3,(H,22,27)(H,23,26)(H,24,28)/t12-,16-/m0/s1. The molecular formula is C20H30ClN3O5. The van der Waals surface area contributed by atoms with Crippen molar-refractivity contribution in [2.45, 2.75) is 65.8 Å². The average Bonchev–Trinajstić information content (AvgIpc) is 2.59. The summed E-state index contributed by atoms with van der Waals surface area (Å²) in [6.07, 6.45) is -0.709. The van der Waals surface area contributed by atoms with Crippen LogP contribution < -0.4 is 16.0 Å². The fourth-order valence-corrected chi connectivity index (χ4v) is 2.59. The molecule has 0 heterocycles. The number of alkyl carbamates (subject to hydrolysis) is 1. The van der Waals surface area contributed by atoms with Crippen molar-refractivity contribution in [2.24, 2.45) is 5.92 Å². The molecule has 4 N–H and O–H groups in total. The van der Waals surface area contributed by atoms with Gasteiger partial charge in [0, 0.05) is 0 Å². The van der Waals surface area contributed by atoms with Crippen LogP contribution in [-0.4, -0.2) is 40.7 Å². The van der Waals surface area contributed by atoms with E-state index in [2.05, 4.69) is 16.0 Å². The summed E-state index contributed by atoms with van der Waals surface area (Å²) in [5, 5.41) is 17.1. The van der Waals surface area contributed by atoms with Crippen molar-refractivity contribution >= 4 is 35.2 Å². The van der Waals surface area contributed by atoms with E-state index in [-0.39, 0.29) is 17.5 Å². The third-order valence-electron chi connectivity index (χ3n) is 3.85. The lowest BCUT2D eigenvalue weighted by atomic mass is 10.0. The van der Waals surface area contributed by atoms with E-state index in [1.807, 2.05) is 0 Å². The molecular weight excluding hydrogens is 398 g/mol. The molecule has 29 heavy (non-hydrogen) atoms. The molecule has 0 saturated heterocycles. The Morgan fingerprint density at radius 2 is 1.72 bits per heavy atom. The quantitative estimate of drug-likeness (QED) is 0.533. The second-order valence-corrected chi connectivity index (χ2v) is 8.47. The van der Waals surface area contributed by atoms with Crippen molar-refractivity contribution in [2.75, 3.05) is 5.32 Å². The highest BCUT2D eigenvalue weighted by Gasteiger charge is 2.29. The lowest BCUT2D eigenvalue weighted by Crippen LogP contribution is -2.54. The van der Waals surface area contributed by atoms with E-state index in [1.54, 1.807) is 52.8 Å². The van der Waals surface area contributed by atoms with Crippen LogP contribution in [0, 0.1) is 5.92 Å². The number of aliphatic hydroxyl groups excluding tert-OH is 1. The molecule has 1 aromatic rings. The Morgan fingerprint density at radius 1 is 1.10 bits per heavy atom. The largest absolute Gasteiger partial charge is 0.444 e. The first kappa shape index (κ1) is 24.7. The number of halogens is 1. The van der Waals surface area contributed by atoms with Crippen molar-refractivity contribution in [3.05, 3.63) is 28.8 Å². The predicted molar refractivity (Wildman–Crippen MR) is 112 cm³/mol. The fraction of sp³-hybridized carbons (Fsp3) is 0.550. The number of nitrogens with one attached hydrogen (secondary N) is 3. The minimum atomic E-state index is -0.877. The Bertz CT molecular complexity index is 746. The smallest absolute Gasteiger partial charge is 0.408 e. The maximum atomic E-state index is 12.6. The van der Waals surface area contributed by atoms with Crippen molar-refractivity contribution in [1.29, 1.82) is 0 Å². The molecule has 2 atom stereocenters. The minimum Gasteiger partial charge on any atom is -0.444 e. The van der Waals surface area contributed by atoms with Gasteiger partial charge in [0.2, 0.25) is 11.8 Å². The van der Waals surface area contributed by atoms with Crippen LogP contribution in [0.15, 0.2) is 18.2 Å². The van der Waals surface area contributed by atoms with Crippen molar-refractivity contribution in [1.82, 2.24) is 10.6 Å². The summed E-state index contributed by atoms with van der Waals surface area (Å²) in [6.45, 7) is 10.1. The van der Waals surface area contributed by atoms with E-state index in [1.165, 1.54) is 6.92 Å². The van der Waals surface area contributed by atoms with Gasteiger partial charge in [-0.1, -0.05) is 31.5 Å². The Labute approximate surface area is 176 Å². The Morgan fingerprint density at radius 3 is 2.21 bits per heavy atom. The molecule has 1 aromatic carbocycles. The number of carbonyl (C=O) groups excluding carboxylic acids is 3. The van der Waals surface area contributed by atoms with Gasteiger partial charge in [-0.25, -0.2) is 4.79 Å². The second-order valence-electron chi connectivity index (χ2n) is 8.06. The van der Waals surface area contributed by atoms with Gasteiger partial charge < -0.3 is 25.8 Å². The van der Waals surface area contributed by atoms with Crippen LogP contribution >= 0.6 is 11.6 Å². The van der Waals surface area contributed by atoms with Gasteiger partial charge in [0.1, 0.15) is 17.7 Å². The number of hydrogen-bond donors (Lipinski definition) is 4. The summed E-state index contributed by atoms with van der Waals surface area (Å²) in [6, 6.07) is 3.00. The summed E-state index contributed by atoms with van der Waals surface area (Å²) in [7, 11) is 0. The number of hydrogen-bond acceptors (Lipinski definition) is 5. The average molecular weight is 428 g/mol. The summed E-state index contributed by atoms with van der Waals surface area (Å²) >= 11 is 6.09. The van der Waals surface area contributed by atoms with E-state index >= 15 is 0 Å². The van der Waals surface area contributed by atoms with Crippen LogP contribution in [-0.2, 0) is 20.9 Å². The van der Waals surface area contributed by atoms with E-state index in [0.717, 1.165) is 0 Å². The van der Waals surface area contributed by atoms with E-state index in [4.69, 9.17) is 21.4 Å².